The number of benzene rings is 2. The number of allylic oxidation sites excluding steroid dienone is 1. The Hall–Kier alpha value is -0.550. The fourth-order valence-electron chi connectivity index (χ4n) is 4.91. The number of piperidine rings is 1. The SMILES string of the molecule is C[N+]1(C)[C@H]2CC[C@H]1CC(C=C(c1ccc(Cl)cc1)c1ccc(Cl)cc1)C2.[I-]. The number of quaternary nitrogens is 1. The summed E-state index contributed by atoms with van der Waals surface area (Å²) in [7, 11) is 4.84. The number of halogens is 3. The summed E-state index contributed by atoms with van der Waals surface area (Å²) in [5.74, 6) is 0.639. The summed E-state index contributed by atoms with van der Waals surface area (Å²) in [6.07, 6.45) is 7.83. The first-order valence-corrected chi connectivity index (χ1v) is 10.3. The van der Waals surface area contributed by atoms with Crippen molar-refractivity contribution in [2.75, 3.05) is 14.1 Å². The molecule has 2 aliphatic heterocycles. The Labute approximate surface area is 190 Å². The topological polar surface area (TPSA) is 0 Å². The number of fused-ring (bicyclic) bond motifs is 2. The van der Waals surface area contributed by atoms with Crippen LogP contribution in [0.25, 0.3) is 5.57 Å². The van der Waals surface area contributed by atoms with Crippen LogP contribution in [0.2, 0.25) is 10.0 Å². The van der Waals surface area contributed by atoms with Gasteiger partial charge in [-0.1, -0.05) is 53.5 Å². The van der Waals surface area contributed by atoms with Gasteiger partial charge in [-0.05, 0) is 46.9 Å². The van der Waals surface area contributed by atoms with Crippen LogP contribution in [0.5, 0.6) is 0 Å². The summed E-state index contributed by atoms with van der Waals surface area (Å²) in [4.78, 5) is 0. The molecular weight excluding hydrogens is 488 g/mol. The molecule has 0 saturated carbocycles. The highest BCUT2D eigenvalue weighted by Gasteiger charge is 2.48. The molecule has 2 aromatic carbocycles. The molecular formula is C23H26Cl2IN. The average molecular weight is 514 g/mol. The quantitative estimate of drug-likeness (QED) is 0.435. The predicted molar refractivity (Wildman–Crippen MR) is 112 cm³/mol. The third-order valence-electron chi connectivity index (χ3n) is 6.58. The van der Waals surface area contributed by atoms with Crippen LogP contribution in [0.4, 0.5) is 0 Å². The Kier molecular flexibility index (Phi) is 6.62. The Balaban J connectivity index is 0.00000210. The van der Waals surface area contributed by atoms with Crippen LogP contribution in [0, 0.1) is 5.92 Å². The summed E-state index contributed by atoms with van der Waals surface area (Å²) in [5, 5.41) is 1.55. The lowest BCUT2D eigenvalue weighted by atomic mass is 9.85. The first-order chi connectivity index (χ1) is 12.4. The highest BCUT2D eigenvalue weighted by Crippen LogP contribution is 2.43. The third-order valence-corrected chi connectivity index (χ3v) is 7.08. The van der Waals surface area contributed by atoms with E-state index in [2.05, 4.69) is 44.4 Å². The van der Waals surface area contributed by atoms with Crippen molar-refractivity contribution in [1.29, 1.82) is 0 Å². The lowest BCUT2D eigenvalue weighted by Crippen LogP contribution is -3.00. The van der Waals surface area contributed by atoms with Gasteiger partial charge in [0.25, 0.3) is 0 Å². The molecule has 4 rings (SSSR count). The van der Waals surface area contributed by atoms with Gasteiger partial charge in [-0.3, -0.25) is 0 Å². The number of hydrogen-bond acceptors (Lipinski definition) is 0. The van der Waals surface area contributed by atoms with Crippen molar-refractivity contribution in [3.05, 3.63) is 75.8 Å². The van der Waals surface area contributed by atoms with E-state index >= 15 is 0 Å². The molecule has 0 radical (unpaired) electrons. The van der Waals surface area contributed by atoms with Gasteiger partial charge in [-0.15, -0.1) is 0 Å². The van der Waals surface area contributed by atoms with Crippen molar-refractivity contribution in [3.63, 3.8) is 0 Å². The van der Waals surface area contributed by atoms with Crippen molar-refractivity contribution in [2.45, 2.75) is 37.8 Å². The van der Waals surface area contributed by atoms with Gasteiger partial charge in [0, 0.05) is 35.7 Å². The number of nitrogens with zero attached hydrogens (tertiary/aromatic N) is 1. The maximum Gasteiger partial charge on any atom is 0.0896 e. The first kappa shape index (κ1) is 21.2. The molecule has 2 fully saturated rings. The minimum absolute atomic E-state index is 0. The molecule has 0 unspecified atom stereocenters. The van der Waals surface area contributed by atoms with E-state index in [1.807, 2.05) is 24.3 Å². The highest BCUT2D eigenvalue weighted by molar-refractivity contribution is 6.31. The lowest BCUT2D eigenvalue weighted by Gasteiger charge is -2.44. The third kappa shape index (κ3) is 4.39. The van der Waals surface area contributed by atoms with Gasteiger partial charge in [0.1, 0.15) is 0 Å². The molecule has 2 bridgehead atoms. The lowest BCUT2D eigenvalue weighted by molar-refractivity contribution is -0.931. The van der Waals surface area contributed by atoms with E-state index in [4.69, 9.17) is 23.2 Å². The Morgan fingerprint density at radius 3 is 1.63 bits per heavy atom. The summed E-state index contributed by atoms with van der Waals surface area (Å²) in [6.45, 7) is 0. The van der Waals surface area contributed by atoms with E-state index in [1.165, 1.54) is 46.9 Å². The largest absolute Gasteiger partial charge is 1.00 e. The zero-order valence-corrected chi connectivity index (χ0v) is 19.5. The standard InChI is InChI=1S/C23H26Cl2N.HI/c1-26(2)21-11-12-22(26)14-16(13-21)15-23(17-3-7-19(24)8-4-17)18-5-9-20(25)10-6-18;/h3-10,15-16,21-22H,11-14H2,1-2H3;1H/q+1;/p-1/t21-,22-;/m0./s1. The molecule has 2 atom stereocenters. The van der Waals surface area contributed by atoms with E-state index < -0.39 is 0 Å². The Morgan fingerprint density at radius 2 is 1.22 bits per heavy atom. The van der Waals surface area contributed by atoms with Gasteiger partial charge in [0.05, 0.1) is 26.2 Å². The zero-order chi connectivity index (χ0) is 18.3. The van der Waals surface area contributed by atoms with Crippen LogP contribution in [-0.4, -0.2) is 30.7 Å². The minimum Gasteiger partial charge on any atom is -1.00 e. The van der Waals surface area contributed by atoms with Crippen LogP contribution in [0.1, 0.15) is 36.8 Å². The van der Waals surface area contributed by atoms with Crippen LogP contribution in [-0.2, 0) is 0 Å². The fourth-order valence-corrected chi connectivity index (χ4v) is 5.16. The predicted octanol–water partition coefficient (Wildman–Crippen LogP) is 3.45. The zero-order valence-electron chi connectivity index (χ0n) is 15.8. The summed E-state index contributed by atoms with van der Waals surface area (Å²) in [6, 6.07) is 18.0. The van der Waals surface area contributed by atoms with Crippen LogP contribution < -0.4 is 24.0 Å². The molecule has 0 N–H and O–H groups in total. The van der Waals surface area contributed by atoms with E-state index in [0.29, 0.717) is 5.92 Å². The van der Waals surface area contributed by atoms with Crippen molar-refractivity contribution >= 4 is 28.8 Å². The first-order valence-electron chi connectivity index (χ1n) is 9.50. The Bertz CT molecular complexity index is 748. The molecule has 0 aliphatic carbocycles. The molecule has 144 valence electrons. The molecule has 0 aromatic heterocycles. The van der Waals surface area contributed by atoms with Crippen molar-refractivity contribution in [3.8, 4) is 0 Å². The van der Waals surface area contributed by atoms with E-state index in [1.54, 1.807) is 0 Å². The van der Waals surface area contributed by atoms with Gasteiger partial charge in [-0.2, -0.15) is 0 Å². The molecule has 4 heteroatoms. The fraction of sp³-hybridized carbons (Fsp3) is 0.391. The van der Waals surface area contributed by atoms with Crippen LogP contribution >= 0.6 is 23.2 Å². The molecule has 1 nitrogen and oxygen atoms in total. The minimum atomic E-state index is 0. The van der Waals surface area contributed by atoms with Gasteiger partial charge in [0.2, 0.25) is 0 Å². The smallest absolute Gasteiger partial charge is 0.0896 e. The van der Waals surface area contributed by atoms with Crippen molar-refractivity contribution in [2.24, 2.45) is 5.92 Å². The maximum absolute atomic E-state index is 6.11. The second-order valence-corrected chi connectivity index (χ2v) is 9.21. The molecule has 0 spiro atoms. The van der Waals surface area contributed by atoms with Crippen LogP contribution in [0.15, 0.2) is 54.6 Å². The van der Waals surface area contributed by atoms with E-state index in [9.17, 15) is 0 Å². The number of hydrogen-bond donors (Lipinski definition) is 0. The maximum atomic E-state index is 6.11. The molecule has 2 saturated heterocycles. The van der Waals surface area contributed by atoms with Gasteiger partial charge in [-0.25, -0.2) is 0 Å². The average Bonchev–Trinajstić information content (AvgIpc) is 2.78. The van der Waals surface area contributed by atoms with Gasteiger partial charge >= 0.3 is 0 Å². The van der Waals surface area contributed by atoms with Crippen LogP contribution in [0.3, 0.4) is 0 Å². The summed E-state index contributed by atoms with van der Waals surface area (Å²) < 4.78 is 1.21. The summed E-state index contributed by atoms with van der Waals surface area (Å²) >= 11 is 12.2. The van der Waals surface area contributed by atoms with Crippen molar-refractivity contribution in [1.82, 2.24) is 0 Å². The molecule has 0 amide bonds. The Morgan fingerprint density at radius 1 is 0.815 bits per heavy atom. The monoisotopic (exact) mass is 513 g/mol. The van der Waals surface area contributed by atoms with Gasteiger partial charge < -0.3 is 28.5 Å². The highest BCUT2D eigenvalue weighted by atomic mass is 127. The molecule has 27 heavy (non-hydrogen) atoms. The second kappa shape index (κ2) is 8.44. The van der Waals surface area contributed by atoms with E-state index in [0.717, 1.165) is 22.1 Å². The molecule has 2 aliphatic rings. The normalized spacial score (nSPS) is 25.6. The second-order valence-electron chi connectivity index (χ2n) is 8.34. The van der Waals surface area contributed by atoms with Gasteiger partial charge in [0.15, 0.2) is 0 Å². The van der Waals surface area contributed by atoms with E-state index in [-0.39, 0.29) is 24.0 Å². The molecule has 2 heterocycles. The molecule has 2 aromatic rings. The summed E-state index contributed by atoms with van der Waals surface area (Å²) in [5.41, 5.74) is 3.75. The number of rotatable bonds is 3. The van der Waals surface area contributed by atoms with Crippen molar-refractivity contribution < 1.29 is 28.5 Å².